The first kappa shape index (κ1) is 15.5. The minimum atomic E-state index is -0.00885. The van der Waals surface area contributed by atoms with Gasteiger partial charge in [0.1, 0.15) is 12.4 Å². The van der Waals surface area contributed by atoms with Crippen molar-refractivity contribution in [1.29, 1.82) is 0 Å². The van der Waals surface area contributed by atoms with E-state index in [2.05, 4.69) is 0 Å². The van der Waals surface area contributed by atoms with Gasteiger partial charge in [-0.05, 0) is 36.8 Å². The summed E-state index contributed by atoms with van der Waals surface area (Å²) in [6.45, 7) is 2.85. The number of para-hydroxylation sites is 1. The van der Waals surface area contributed by atoms with Crippen molar-refractivity contribution in [1.82, 2.24) is 0 Å². The van der Waals surface area contributed by atoms with E-state index in [1.54, 1.807) is 12.1 Å². The highest BCUT2D eigenvalue weighted by molar-refractivity contribution is 6.30. The van der Waals surface area contributed by atoms with Crippen molar-refractivity contribution in [2.75, 3.05) is 13.2 Å². The molecule has 0 aliphatic rings. The highest BCUT2D eigenvalue weighted by Gasteiger charge is 2.06. The number of ether oxygens (including phenoxy) is 2. The van der Waals surface area contributed by atoms with E-state index in [0.29, 0.717) is 36.2 Å². The third kappa shape index (κ3) is 4.88. The average Bonchev–Trinajstić information content (AvgIpc) is 2.47. The van der Waals surface area contributed by atoms with Crippen LogP contribution in [0.4, 0.5) is 0 Å². The fourth-order valence-corrected chi connectivity index (χ4v) is 2.12. The molecule has 2 rings (SSSR count). The van der Waals surface area contributed by atoms with Gasteiger partial charge in [0.15, 0.2) is 5.78 Å². The fraction of sp³-hybridized carbons (Fsp3) is 0.235. The fourth-order valence-electron chi connectivity index (χ4n) is 1.91. The van der Waals surface area contributed by atoms with Crippen molar-refractivity contribution in [3.63, 3.8) is 0 Å². The van der Waals surface area contributed by atoms with Crippen molar-refractivity contribution in [3.05, 3.63) is 64.7 Å². The Labute approximate surface area is 129 Å². The molecule has 0 radical (unpaired) electrons. The molecule has 0 heterocycles. The first-order valence-corrected chi connectivity index (χ1v) is 7.09. The molecule has 0 saturated carbocycles. The zero-order valence-electron chi connectivity index (χ0n) is 11.8. The molecular formula is C17H17ClO3. The summed E-state index contributed by atoms with van der Waals surface area (Å²) >= 11 is 5.90. The number of ketones is 1. The maximum atomic E-state index is 11.4. The third-order valence-corrected chi connectivity index (χ3v) is 3.14. The number of benzene rings is 2. The molecule has 0 amide bonds. The first-order valence-electron chi connectivity index (χ1n) is 6.72. The van der Waals surface area contributed by atoms with Crippen molar-refractivity contribution in [2.45, 2.75) is 13.5 Å². The Morgan fingerprint density at radius 3 is 2.67 bits per heavy atom. The Bertz CT molecular complexity index is 610. The summed E-state index contributed by atoms with van der Waals surface area (Å²) in [5.41, 5.74) is 1.61. The topological polar surface area (TPSA) is 35.5 Å². The second-order valence-electron chi connectivity index (χ2n) is 4.58. The van der Waals surface area contributed by atoms with Crippen molar-refractivity contribution in [3.8, 4) is 5.75 Å². The Hall–Kier alpha value is -1.84. The SMILES string of the molecule is CC(=O)c1ccccc1OCCOCc1cccc(Cl)c1. The molecule has 3 nitrogen and oxygen atoms in total. The van der Waals surface area contributed by atoms with E-state index in [1.165, 1.54) is 6.92 Å². The van der Waals surface area contributed by atoms with Crippen LogP contribution in [0.5, 0.6) is 5.75 Å². The monoisotopic (exact) mass is 304 g/mol. The van der Waals surface area contributed by atoms with Gasteiger partial charge in [-0.1, -0.05) is 35.9 Å². The average molecular weight is 305 g/mol. The van der Waals surface area contributed by atoms with Gasteiger partial charge >= 0.3 is 0 Å². The van der Waals surface area contributed by atoms with Crippen molar-refractivity contribution >= 4 is 17.4 Å². The van der Waals surface area contributed by atoms with Crippen LogP contribution in [0.2, 0.25) is 5.02 Å². The lowest BCUT2D eigenvalue weighted by molar-refractivity contribution is 0.0875. The maximum absolute atomic E-state index is 11.4. The lowest BCUT2D eigenvalue weighted by Gasteiger charge is -2.10. The molecule has 0 bridgehead atoms. The molecule has 0 fully saturated rings. The Morgan fingerprint density at radius 1 is 1.10 bits per heavy atom. The minimum Gasteiger partial charge on any atom is -0.490 e. The summed E-state index contributed by atoms with van der Waals surface area (Å²) in [4.78, 5) is 11.4. The zero-order valence-corrected chi connectivity index (χ0v) is 12.6. The van der Waals surface area contributed by atoms with E-state index < -0.39 is 0 Å². The quantitative estimate of drug-likeness (QED) is 0.570. The Kier molecular flexibility index (Phi) is 5.78. The Balaban J connectivity index is 1.76. The van der Waals surface area contributed by atoms with Crippen LogP contribution in [0.1, 0.15) is 22.8 Å². The van der Waals surface area contributed by atoms with Crippen LogP contribution in [0, 0.1) is 0 Å². The highest BCUT2D eigenvalue weighted by Crippen LogP contribution is 2.18. The van der Waals surface area contributed by atoms with Gasteiger partial charge in [0, 0.05) is 5.02 Å². The maximum Gasteiger partial charge on any atom is 0.163 e. The molecule has 4 heteroatoms. The number of hydrogen-bond donors (Lipinski definition) is 0. The molecule has 0 spiro atoms. The molecule has 0 saturated heterocycles. The summed E-state index contributed by atoms with van der Waals surface area (Å²) in [6, 6.07) is 14.7. The molecule has 0 unspecified atom stereocenters. The molecule has 0 atom stereocenters. The van der Waals surface area contributed by atoms with Gasteiger partial charge in [0.25, 0.3) is 0 Å². The second-order valence-corrected chi connectivity index (χ2v) is 5.02. The van der Waals surface area contributed by atoms with E-state index in [-0.39, 0.29) is 5.78 Å². The number of Topliss-reactive ketones (excluding diaryl/α,β-unsaturated/α-hetero) is 1. The largest absolute Gasteiger partial charge is 0.490 e. The summed E-state index contributed by atoms with van der Waals surface area (Å²) in [7, 11) is 0. The number of rotatable bonds is 7. The van der Waals surface area contributed by atoms with Gasteiger partial charge in [-0.15, -0.1) is 0 Å². The van der Waals surface area contributed by atoms with Crippen molar-refractivity contribution < 1.29 is 14.3 Å². The predicted molar refractivity (Wildman–Crippen MR) is 83.0 cm³/mol. The lowest BCUT2D eigenvalue weighted by Crippen LogP contribution is -2.08. The summed E-state index contributed by atoms with van der Waals surface area (Å²) < 4.78 is 11.1. The van der Waals surface area contributed by atoms with Gasteiger partial charge in [-0.3, -0.25) is 4.79 Å². The van der Waals surface area contributed by atoms with Gasteiger partial charge < -0.3 is 9.47 Å². The smallest absolute Gasteiger partial charge is 0.163 e. The number of carbonyl (C=O) groups excluding carboxylic acids is 1. The number of halogens is 1. The number of carbonyl (C=O) groups is 1. The van der Waals surface area contributed by atoms with Crippen LogP contribution in [-0.2, 0) is 11.3 Å². The van der Waals surface area contributed by atoms with Crippen LogP contribution in [0.3, 0.4) is 0 Å². The highest BCUT2D eigenvalue weighted by atomic mass is 35.5. The summed E-state index contributed by atoms with van der Waals surface area (Å²) in [5.74, 6) is 0.585. The molecule has 0 aliphatic heterocycles. The molecule has 2 aromatic rings. The van der Waals surface area contributed by atoms with Crippen LogP contribution in [0.15, 0.2) is 48.5 Å². The van der Waals surface area contributed by atoms with E-state index in [4.69, 9.17) is 21.1 Å². The second kappa shape index (κ2) is 7.81. The standard InChI is InChI=1S/C17H17ClO3/c1-13(19)16-7-2-3-8-17(16)21-10-9-20-12-14-5-4-6-15(18)11-14/h2-8,11H,9-10,12H2,1H3. The van der Waals surface area contributed by atoms with E-state index in [9.17, 15) is 4.79 Å². The first-order chi connectivity index (χ1) is 10.2. The predicted octanol–water partition coefficient (Wildman–Crippen LogP) is 4.14. The van der Waals surface area contributed by atoms with Gasteiger partial charge in [-0.25, -0.2) is 0 Å². The minimum absolute atomic E-state index is 0.00885. The summed E-state index contributed by atoms with van der Waals surface area (Å²) in [5, 5.41) is 0.697. The number of hydrogen-bond acceptors (Lipinski definition) is 3. The van der Waals surface area contributed by atoms with Gasteiger partial charge in [0.05, 0.1) is 18.8 Å². The molecule has 0 aromatic heterocycles. The Morgan fingerprint density at radius 2 is 1.90 bits per heavy atom. The van der Waals surface area contributed by atoms with Crippen molar-refractivity contribution in [2.24, 2.45) is 0 Å². The van der Waals surface area contributed by atoms with Crippen LogP contribution >= 0.6 is 11.6 Å². The molecule has 0 aliphatic carbocycles. The molecule has 110 valence electrons. The van der Waals surface area contributed by atoms with E-state index in [1.807, 2.05) is 36.4 Å². The normalized spacial score (nSPS) is 10.4. The molecular weight excluding hydrogens is 288 g/mol. The molecule has 2 aromatic carbocycles. The third-order valence-electron chi connectivity index (χ3n) is 2.91. The van der Waals surface area contributed by atoms with E-state index in [0.717, 1.165) is 5.56 Å². The van der Waals surface area contributed by atoms with E-state index >= 15 is 0 Å². The summed E-state index contributed by atoms with van der Waals surface area (Å²) in [6.07, 6.45) is 0. The zero-order chi connectivity index (χ0) is 15.1. The molecule has 0 N–H and O–H groups in total. The molecule has 21 heavy (non-hydrogen) atoms. The van der Waals surface area contributed by atoms with Gasteiger partial charge in [-0.2, -0.15) is 0 Å². The van der Waals surface area contributed by atoms with Crippen LogP contribution in [0.25, 0.3) is 0 Å². The van der Waals surface area contributed by atoms with Gasteiger partial charge in [0.2, 0.25) is 0 Å². The lowest BCUT2D eigenvalue weighted by atomic mass is 10.1. The van der Waals surface area contributed by atoms with Crippen LogP contribution in [-0.4, -0.2) is 19.0 Å². The van der Waals surface area contributed by atoms with Crippen LogP contribution < -0.4 is 4.74 Å².